The molecular formula is C22H28N2O4. The number of ether oxygens (including phenoxy) is 2. The lowest BCUT2D eigenvalue weighted by Crippen LogP contribution is -2.37. The molecule has 1 aliphatic carbocycles. The molecule has 28 heavy (non-hydrogen) atoms. The second-order valence-electron chi connectivity index (χ2n) is 9.29. The Balaban J connectivity index is 1.57. The van der Waals surface area contributed by atoms with E-state index in [2.05, 4.69) is 25.9 Å². The first-order valence-electron chi connectivity index (χ1n) is 9.74. The Morgan fingerprint density at radius 1 is 1.14 bits per heavy atom. The van der Waals surface area contributed by atoms with Crippen LogP contribution < -0.4 is 9.47 Å². The van der Waals surface area contributed by atoms with E-state index in [1.54, 1.807) is 20.3 Å². The Morgan fingerprint density at radius 3 is 2.61 bits per heavy atom. The van der Waals surface area contributed by atoms with Gasteiger partial charge in [0.25, 0.3) is 5.91 Å². The van der Waals surface area contributed by atoms with E-state index in [1.165, 1.54) is 0 Å². The molecule has 2 atom stereocenters. The summed E-state index contributed by atoms with van der Waals surface area (Å²) in [5.74, 6) is 1.75. The largest absolute Gasteiger partial charge is 0.493 e. The van der Waals surface area contributed by atoms with Crippen LogP contribution in [-0.4, -0.2) is 42.8 Å². The van der Waals surface area contributed by atoms with Crippen LogP contribution in [0, 0.1) is 10.8 Å². The van der Waals surface area contributed by atoms with Crippen molar-refractivity contribution in [3.63, 3.8) is 0 Å². The lowest BCUT2D eigenvalue weighted by atomic mass is 9.65. The van der Waals surface area contributed by atoms with Crippen LogP contribution in [0.1, 0.15) is 50.5 Å². The average Bonchev–Trinajstić information content (AvgIpc) is 3.22. The zero-order valence-corrected chi connectivity index (χ0v) is 17.2. The van der Waals surface area contributed by atoms with Crippen LogP contribution in [-0.2, 0) is 0 Å². The number of methoxy groups -OCH3 is 2. The van der Waals surface area contributed by atoms with Gasteiger partial charge in [-0.2, -0.15) is 0 Å². The normalized spacial score (nSPS) is 25.6. The van der Waals surface area contributed by atoms with Gasteiger partial charge in [0.2, 0.25) is 0 Å². The van der Waals surface area contributed by atoms with Crippen molar-refractivity contribution in [1.82, 2.24) is 10.1 Å². The fourth-order valence-electron chi connectivity index (χ4n) is 5.35. The smallest absolute Gasteiger partial charge is 0.276 e. The number of carbonyl (C=O) groups excluding carboxylic acids is 1. The van der Waals surface area contributed by atoms with E-state index in [-0.39, 0.29) is 22.8 Å². The van der Waals surface area contributed by atoms with Crippen molar-refractivity contribution < 1.29 is 18.8 Å². The first kappa shape index (κ1) is 18.8. The van der Waals surface area contributed by atoms with Crippen LogP contribution in [0.15, 0.2) is 28.8 Å². The number of amides is 1. The second-order valence-corrected chi connectivity index (χ2v) is 9.29. The van der Waals surface area contributed by atoms with Gasteiger partial charge in [-0.1, -0.05) is 25.9 Å². The van der Waals surface area contributed by atoms with Gasteiger partial charge in [0.15, 0.2) is 23.0 Å². The molecule has 150 valence electrons. The van der Waals surface area contributed by atoms with E-state index in [9.17, 15) is 4.79 Å². The third-order valence-corrected chi connectivity index (χ3v) is 6.07. The van der Waals surface area contributed by atoms with E-state index in [4.69, 9.17) is 14.0 Å². The zero-order chi connectivity index (χ0) is 20.1. The summed E-state index contributed by atoms with van der Waals surface area (Å²) in [6, 6.07) is 7.49. The van der Waals surface area contributed by atoms with Crippen LogP contribution >= 0.6 is 0 Å². The molecule has 1 amide bonds. The third-order valence-electron chi connectivity index (χ3n) is 6.07. The molecule has 1 aromatic carbocycles. The Bertz CT molecular complexity index is 904. The number of hydrogen-bond donors (Lipinski definition) is 0. The number of hydrogen-bond acceptors (Lipinski definition) is 5. The highest BCUT2D eigenvalue weighted by Crippen LogP contribution is 2.52. The lowest BCUT2D eigenvalue weighted by molar-refractivity contribution is 0.0698. The van der Waals surface area contributed by atoms with Crippen LogP contribution in [0.3, 0.4) is 0 Å². The molecule has 2 aliphatic rings. The maximum absolute atomic E-state index is 13.2. The summed E-state index contributed by atoms with van der Waals surface area (Å²) in [7, 11) is 3.18. The monoisotopic (exact) mass is 384 g/mol. The molecule has 2 fully saturated rings. The van der Waals surface area contributed by atoms with Crippen LogP contribution in [0.5, 0.6) is 11.5 Å². The Labute approximate surface area is 165 Å². The van der Waals surface area contributed by atoms with Crippen LogP contribution in [0.25, 0.3) is 11.3 Å². The van der Waals surface area contributed by atoms with Gasteiger partial charge in [-0.25, -0.2) is 0 Å². The molecule has 2 heterocycles. The summed E-state index contributed by atoms with van der Waals surface area (Å²) in [5, 5.41) is 4.07. The molecule has 1 aromatic heterocycles. The molecule has 6 heteroatoms. The van der Waals surface area contributed by atoms with Gasteiger partial charge >= 0.3 is 0 Å². The van der Waals surface area contributed by atoms with Gasteiger partial charge in [-0.05, 0) is 48.3 Å². The van der Waals surface area contributed by atoms with E-state index in [0.29, 0.717) is 23.0 Å². The summed E-state index contributed by atoms with van der Waals surface area (Å²) in [4.78, 5) is 15.2. The predicted octanol–water partition coefficient (Wildman–Crippen LogP) is 4.40. The SMILES string of the molecule is COc1ccc(-c2cc(C(=O)N3C[C@@]4(C)C[C@H]3CC(C)(C)C4)no2)cc1OC. The predicted molar refractivity (Wildman–Crippen MR) is 106 cm³/mol. The van der Waals surface area contributed by atoms with Gasteiger partial charge in [0.05, 0.1) is 14.2 Å². The highest BCUT2D eigenvalue weighted by molar-refractivity contribution is 5.93. The number of benzene rings is 1. The Kier molecular flexibility index (Phi) is 4.40. The molecule has 4 rings (SSSR count). The van der Waals surface area contributed by atoms with Crippen molar-refractivity contribution >= 4 is 5.91 Å². The quantitative estimate of drug-likeness (QED) is 0.782. The first-order valence-corrected chi connectivity index (χ1v) is 9.74. The highest BCUT2D eigenvalue weighted by Gasteiger charge is 2.51. The lowest BCUT2D eigenvalue weighted by Gasteiger charge is -2.39. The van der Waals surface area contributed by atoms with Crippen molar-refractivity contribution in [2.45, 2.75) is 46.1 Å². The first-order chi connectivity index (χ1) is 13.2. The van der Waals surface area contributed by atoms with Crippen molar-refractivity contribution in [2.24, 2.45) is 10.8 Å². The summed E-state index contributed by atoms with van der Waals surface area (Å²) in [6.07, 6.45) is 3.26. The molecule has 1 aliphatic heterocycles. The molecule has 0 radical (unpaired) electrons. The number of fused-ring (bicyclic) bond motifs is 2. The molecule has 1 saturated carbocycles. The molecule has 6 nitrogen and oxygen atoms in total. The molecule has 0 unspecified atom stereocenters. The molecule has 0 N–H and O–H groups in total. The fourth-order valence-corrected chi connectivity index (χ4v) is 5.35. The standard InChI is InChI=1S/C22H28N2O4/c1-21(2)10-15-11-22(3,12-21)13-24(15)20(25)16-9-18(28-23-16)14-6-7-17(26-4)19(8-14)27-5/h6-9,15H,10-13H2,1-5H3/t15-,22+/m1/s1. The summed E-state index contributed by atoms with van der Waals surface area (Å²) in [5.41, 5.74) is 1.61. The van der Waals surface area contributed by atoms with Gasteiger partial charge in [-0.15, -0.1) is 0 Å². The topological polar surface area (TPSA) is 64.8 Å². The number of nitrogens with zero attached hydrogens (tertiary/aromatic N) is 2. The zero-order valence-electron chi connectivity index (χ0n) is 17.2. The molecular weight excluding hydrogens is 356 g/mol. The fraction of sp³-hybridized carbons (Fsp3) is 0.545. The molecule has 2 aromatic rings. The van der Waals surface area contributed by atoms with Crippen molar-refractivity contribution in [2.75, 3.05) is 20.8 Å². The van der Waals surface area contributed by atoms with Gasteiger partial charge in [-0.3, -0.25) is 4.79 Å². The van der Waals surface area contributed by atoms with Crippen molar-refractivity contribution in [1.29, 1.82) is 0 Å². The number of aromatic nitrogens is 1. The number of rotatable bonds is 4. The number of likely N-dealkylation sites (tertiary alicyclic amines) is 1. The minimum absolute atomic E-state index is 0.0399. The van der Waals surface area contributed by atoms with E-state index in [0.717, 1.165) is 31.4 Å². The third kappa shape index (κ3) is 3.25. The van der Waals surface area contributed by atoms with Gasteiger partial charge in [0.1, 0.15) is 0 Å². The summed E-state index contributed by atoms with van der Waals surface area (Å²) < 4.78 is 16.1. The minimum atomic E-state index is -0.0399. The van der Waals surface area contributed by atoms with Crippen molar-refractivity contribution in [3.05, 3.63) is 30.0 Å². The maximum Gasteiger partial charge on any atom is 0.276 e. The Hall–Kier alpha value is -2.50. The summed E-state index contributed by atoms with van der Waals surface area (Å²) in [6.45, 7) is 7.69. The van der Waals surface area contributed by atoms with Gasteiger partial charge < -0.3 is 18.9 Å². The average molecular weight is 384 g/mol. The number of carbonyl (C=O) groups is 1. The second kappa shape index (κ2) is 6.54. The molecule has 1 saturated heterocycles. The molecule has 0 spiro atoms. The van der Waals surface area contributed by atoms with E-state index >= 15 is 0 Å². The molecule has 2 bridgehead atoms. The van der Waals surface area contributed by atoms with Crippen molar-refractivity contribution in [3.8, 4) is 22.8 Å². The van der Waals surface area contributed by atoms with Crippen LogP contribution in [0.2, 0.25) is 0 Å². The summed E-state index contributed by atoms with van der Waals surface area (Å²) >= 11 is 0. The highest BCUT2D eigenvalue weighted by atomic mass is 16.5. The van der Waals surface area contributed by atoms with Crippen LogP contribution in [0.4, 0.5) is 0 Å². The van der Waals surface area contributed by atoms with Gasteiger partial charge in [0, 0.05) is 24.2 Å². The maximum atomic E-state index is 13.2. The van der Waals surface area contributed by atoms with E-state index in [1.807, 2.05) is 23.1 Å². The Morgan fingerprint density at radius 2 is 1.89 bits per heavy atom. The minimum Gasteiger partial charge on any atom is -0.493 e. The van der Waals surface area contributed by atoms with E-state index < -0.39 is 0 Å².